The van der Waals surface area contributed by atoms with Gasteiger partial charge in [-0.15, -0.1) is 0 Å². The van der Waals surface area contributed by atoms with Crippen LogP contribution in [-0.4, -0.2) is 14.9 Å². The summed E-state index contributed by atoms with van der Waals surface area (Å²) in [5.41, 5.74) is 6.11. The number of hydrogen-bond acceptors (Lipinski definition) is 3. The van der Waals surface area contributed by atoms with Gasteiger partial charge in [0.15, 0.2) is 5.17 Å². The minimum atomic E-state index is 0.135. The predicted octanol–water partition coefficient (Wildman–Crippen LogP) is 0.547. The zero-order valence-corrected chi connectivity index (χ0v) is 7.06. The molecule has 0 aliphatic rings. The van der Waals surface area contributed by atoms with Crippen molar-refractivity contribution in [1.82, 2.24) is 9.78 Å². The van der Waals surface area contributed by atoms with Gasteiger partial charge in [0, 0.05) is 19.0 Å². The Morgan fingerprint density at radius 3 is 3.09 bits per heavy atom. The fourth-order valence-corrected chi connectivity index (χ4v) is 1.15. The molecule has 0 aromatic carbocycles. The van der Waals surface area contributed by atoms with Crippen molar-refractivity contribution in [2.75, 3.05) is 0 Å². The molecule has 1 heterocycles. The average molecular weight is 170 g/mol. The third-order valence-electron chi connectivity index (χ3n) is 1.14. The van der Waals surface area contributed by atoms with Crippen LogP contribution in [0.5, 0.6) is 0 Å². The molecule has 4 nitrogen and oxygen atoms in total. The molecule has 0 bridgehead atoms. The largest absolute Gasteiger partial charge is 0.379 e. The zero-order valence-electron chi connectivity index (χ0n) is 6.24. The monoisotopic (exact) mass is 170 g/mol. The first kappa shape index (κ1) is 8.13. The molecule has 0 atom stereocenters. The van der Waals surface area contributed by atoms with Crippen molar-refractivity contribution in [3.63, 3.8) is 0 Å². The van der Waals surface area contributed by atoms with Crippen molar-refractivity contribution in [2.45, 2.75) is 5.75 Å². The Balaban J connectivity index is 2.45. The summed E-state index contributed by atoms with van der Waals surface area (Å²) in [6.45, 7) is 0. The van der Waals surface area contributed by atoms with E-state index in [0.717, 1.165) is 5.69 Å². The van der Waals surface area contributed by atoms with E-state index in [4.69, 9.17) is 11.1 Å². The van der Waals surface area contributed by atoms with Gasteiger partial charge in [-0.25, -0.2) is 0 Å². The van der Waals surface area contributed by atoms with Crippen LogP contribution in [0.2, 0.25) is 0 Å². The first-order chi connectivity index (χ1) is 5.18. The van der Waals surface area contributed by atoms with E-state index in [1.54, 1.807) is 4.68 Å². The number of rotatable bonds is 2. The second-order valence-corrected chi connectivity index (χ2v) is 3.15. The molecule has 1 aromatic heterocycles. The second-order valence-electron chi connectivity index (χ2n) is 2.13. The van der Waals surface area contributed by atoms with Gasteiger partial charge in [-0.1, -0.05) is 11.8 Å². The molecule has 0 aliphatic carbocycles. The lowest BCUT2D eigenvalue weighted by Crippen LogP contribution is -2.04. The number of nitrogens with zero attached hydrogens (tertiary/aromatic N) is 2. The lowest BCUT2D eigenvalue weighted by molar-refractivity contribution is 0.755. The maximum Gasteiger partial charge on any atom is 0.151 e. The summed E-state index contributed by atoms with van der Waals surface area (Å²) < 4.78 is 1.73. The summed E-state index contributed by atoms with van der Waals surface area (Å²) in [5, 5.41) is 11.2. The van der Waals surface area contributed by atoms with Crippen LogP contribution in [0.4, 0.5) is 0 Å². The second kappa shape index (κ2) is 3.43. The lowest BCUT2D eigenvalue weighted by atomic mass is 10.5. The van der Waals surface area contributed by atoms with Gasteiger partial charge in [-0.3, -0.25) is 10.1 Å². The number of nitrogens with one attached hydrogen (secondary N) is 1. The number of aryl methyl sites for hydroxylation is 1. The molecule has 0 aliphatic heterocycles. The third kappa shape index (κ3) is 2.63. The quantitative estimate of drug-likeness (QED) is 0.503. The molecule has 5 heteroatoms. The molecule has 1 rings (SSSR count). The normalized spacial score (nSPS) is 9.91. The van der Waals surface area contributed by atoms with Crippen molar-refractivity contribution in [3.8, 4) is 0 Å². The SMILES string of the molecule is Cn1ccc(CSC(=N)N)n1. The molecule has 11 heavy (non-hydrogen) atoms. The average Bonchev–Trinajstić information content (AvgIpc) is 2.31. The van der Waals surface area contributed by atoms with E-state index in [0.29, 0.717) is 5.75 Å². The summed E-state index contributed by atoms with van der Waals surface area (Å²) >= 11 is 1.28. The highest BCUT2D eigenvalue weighted by molar-refractivity contribution is 8.13. The fourth-order valence-electron chi connectivity index (χ4n) is 0.692. The summed E-state index contributed by atoms with van der Waals surface area (Å²) in [7, 11) is 1.86. The lowest BCUT2D eigenvalue weighted by Gasteiger charge is -1.93. The van der Waals surface area contributed by atoms with Gasteiger partial charge in [0.1, 0.15) is 0 Å². The number of nitrogens with two attached hydrogens (primary N) is 1. The summed E-state index contributed by atoms with van der Waals surface area (Å²) in [6, 6.07) is 1.91. The highest BCUT2D eigenvalue weighted by atomic mass is 32.2. The molecule has 0 radical (unpaired) electrons. The number of aromatic nitrogens is 2. The maximum absolute atomic E-state index is 6.96. The zero-order chi connectivity index (χ0) is 8.27. The third-order valence-corrected chi connectivity index (χ3v) is 1.90. The van der Waals surface area contributed by atoms with Crippen molar-refractivity contribution in [3.05, 3.63) is 18.0 Å². The standard InChI is InChI=1S/C6H10N4S/c1-10-3-2-5(9-10)4-11-6(7)8/h2-3H,4H2,1H3,(H3,7,8). The van der Waals surface area contributed by atoms with Crippen LogP contribution in [0, 0.1) is 5.41 Å². The molecule has 3 N–H and O–H groups in total. The van der Waals surface area contributed by atoms with Crippen LogP contribution < -0.4 is 5.73 Å². The molecule has 1 aromatic rings. The Morgan fingerprint density at radius 2 is 2.64 bits per heavy atom. The molecule has 0 saturated carbocycles. The topological polar surface area (TPSA) is 67.7 Å². The van der Waals surface area contributed by atoms with E-state index in [2.05, 4.69) is 5.10 Å². The van der Waals surface area contributed by atoms with Crippen molar-refractivity contribution in [1.29, 1.82) is 5.41 Å². The van der Waals surface area contributed by atoms with Crippen LogP contribution in [0.1, 0.15) is 5.69 Å². The van der Waals surface area contributed by atoms with E-state index in [-0.39, 0.29) is 5.17 Å². The van der Waals surface area contributed by atoms with Gasteiger partial charge in [0.05, 0.1) is 5.69 Å². The van der Waals surface area contributed by atoms with Gasteiger partial charge < -0.3 is 5.73 Å². The fraction of sp³-hybridized carbons (Fsp3) is 0.333. The molecular weight excluding hydrogens is 160 g/mol. The van der Waals surface area contributed by atoms with Crippen molar-refractivity contribution in [2.24, 2.45) is 12.8 Å². The van der Waals surface area contributed by atoms with Crippen LogP contribution in [0.25, 0.3) is 0 Å². The molecule has 0 spiro atoms. The minimum absolute atomic E-state index is 0.135. The number of thioether (sulfide) groups is 1. The van der Waals surface area contributed by atoms with Gasteiger partial charge in [-0.05, 0) is 6.07 Å². The Kier molecular flexibility index (Phi) is 2.53. The number of hydrogen-bond donors (Lipinski definition) is 2. The highest BCUT2D eigenvalue weighted by Gasteiger charge is 1.97. The molecule has 0 amide bonds. The van der Waals surface area contributed by atoms with E-state index >= 15 is 0 Å². The van der Waals surface area contributed by atoms with Crippen LogP contribution in [0.3, 0.4) is 0 Å². The van der Waals surface area contributed by atoms with Crippen LogP contribution in [0.15, 0.2) is 12.3 Å². The molecule has 0 fully saturated rings. The van der Waals surface area contributed by atoms with Crippen molar-refractivity contribution >= 4 is 16.9 Å². The minimum Gasteiger partial charge on any atom is -0.379 e. The van der Waals surface area contributed by atoms with Crippen molar-refractivity contribution < 1.29 is 0 Å². The molecular formula is C6H10N4S. The van der Waals surface area contributed by atoms with E-state index in [1.165, 1.54) is 11.8 Å². The van der Waals surface area contributed by atoms with Gasteiger partial charge in [-0.2, -0.15) is 5.10 Å². The van der Waals surface area contributed by atoms with E-state index in [1.807, 2.05) is 19.3 Å². The van der Waals surface area contributed by atoms with Gasteiger partial charge in [0.2, 0.25) is 0 Å². The van der Waals surface area contributed by atoms with Gasteiger partial charge >= 0.3 is 0 Å². The Hall–Kier alpha value is -0.970. The Bertz CT molecular complexity index is 255. The summed E-state index contributed by atoms with van der Waals surface area (Å²) in [6.07, 6.45) is 1.87. The molecule has 0 saturated heterocycles. The van der Waals surface area contributed by atoms with E-state index < -0.39 is 0 Å². The highest BCUT2D eigenvalue weighted by Crippen LogP contribution is 2.07. The van der Waals surface area contributed by atoms with Crippen LogP contribution >= 0.6 is 11.8 Å². The number of amidine groups is 1. The molecule has 60 valence electrons. The van der Waals surface area contributed by atoms with Gasteiger partial charge in [0.25, 0.3) is 0 Å². The molecule has 0 unspecified atom stereocenters. The first-order valence-electron chi connectivity index (χ1n) is 3.14. The van der Waals surface area contributed by atoms with Crippen LogP contribution in [-0.2, 0) is 12.8 Å². The first-order valence-corrected chi connectivity index (χ1v) is 4.12. The predicted molar refractivity (Wildman–Crippen MR) is 46.4 cm³/mol. The maximum atomic E-state index is 6.96. The smallest absolute Gasteiger partial charge is 0.151 e. The Labute approximate surface area is 69.3 Å². The summed E-state index contributed by atoms with van der Waals surface area (Å²) in [5.74, 6) is 0.677. The summed E-state index contributed by atoms with van der Waals surface area (Å²) in [4.78, 5) is 0. The van der Waals surface area contributed by atoms with E-state index in [9.17, 15) is 0 Å². The Morgan fingerprint density at radius 1 is 1.91 bits per heavy atom.